The molecule has 0 aliphatic carbocycles. The number of ether oxygens (including phenoxy) is 4. The average Bonchev–Trinajstić information content (AvgIpc) is 3.16. The van der Waals surface area contributed by atoms with Gasteiger partial charge in [-0.25, -0.2) is 0 Å². The lowest BCUT2D eigenvalue weighted by Gasteiger charge is -2.41. The lowest BCUT2D eigenvalue weighted by atomic mass is 9.83. The van der Waals surface area contributed by atoms with Crippen LogP contribution in [0.3, 0.4) is 0 Å². The summed E-state index contributed by atoms with van der Waals surface area (Å²) in [5.41, 5.74) is 5.47. The number of rotatable bonds is 4. The minimum Gasteiger partial charge on any atom is -0.493 e. The molecule has 0 amide bonds. The van der Waals surface area contributed by atoms with E-state index in [0.29, 0.717) is 19.4 Å². The molecule has 2 aromatic carbocycles. The fourth-order valence-corrected chi connectivity index (χ4v) is 4.46. The third-order valence-electron chi connectivity index (χ3n) is 5.84. The molecule has 142 valence electrons. The maximum Gasteiger partial charge on any atom is 0.231 e. The molecular formula is C22H25NO4. The zero-order valence-corrected chi connectivity index (χ0v) is 15.9. The Morgan fingerprint density at radius 2 is 1.85 bits per heavy atom. The number of fused-ring (bicyclic) bond motifs is 5. The predicted octanol–water partition coefficient (Wildman–Crippen LogP) is 3.87. The fraction of sp³-hybridized carbons (Fsp3) is 0.455. The van der Waals surface area contributed by atoms with Crippen LogP contribution in [0, 0.1) is 0 Å². The van der Waals surface area contributed by atoms with Crippen LogP contribution in [0.1, 0.15) is 41.6 Å². The first-order chi connectivity index (χ1) is 13.3. The van der Waals surface area contributed by atoms with E-state index in [1.807, 2.05) is 0 Å². The van der Waals surface area contributed by atoms with E-state index >= 15 is 0 Å². The molecule has 0 fully saturated rings. The Kier molecular flexibility index (Phi) is 4.12. The number of hydrogen-bond donors (Lipinski definition) is 0. The van der Waals surface area contributed by atoms with Gasteiger partial charge in [0.25, 0.3) is 0 Å². The maximum atomic E-state index is 5.93. The lowest BCUT2D eigenvalue weighted by Crippen LogP contribution is -2.39. The summed E-state index contributed by atoms with van der Waals surface area (Å²) in [6.07, 6.45) is 3.01. The van der Waals surface area contributed by atoms with Gasteiger partial charge in [0.05, 0.1) is 13.7 Å². The van der Waals surface area contributed by atoms with Crippen LogP contribution in [0.5, 0.6) is 23.0 Å². The Morgan fingerprint density at radius 1 is 1.04 bits per heavy atom. The second-order valence-electron chi connectivity index (χ2n) is 7.46. The summed E-state index contributed by atoms with van der Waals surface area (Å²) >= 11 is 0. The van der Waals surface area contributed by atoms with Gasteiger partial charge in [-0.05, 0) is 65.8 Å². The van der Waals surface area contributed by atoms with E-state index in [9.17, 15) is 0 Å². The van der Waals surface area contributed by atoms with Crippen LogP contribution in [0.4, 0.5) is 0 Å². The summed E-state index contributed by atoms with van der Waals surface area (Å²) in [6.45, 7) is 5.15. The summed E-state index contributed by atoms with van der Waals surface area (Å²) < 4.78 is 22.7. The van der Waals surface area contributed by atoms with E-state index in [-0.39, 0.29) is 0 Å². The maximum absolute atomic E-state index is 5.93. The van der Waals surface area contributed by atoms with E-state index in [2.05, 4.69) is 36.1 Å². The zero-order valence-electron chi connectivity index (χ0n) is 15.9. The highest BCUT2D eigenvalue weighted by Gasteiger charge is 2.34. The summed E-state index contributed by atoms with van der Waals surface area (Å²) in [5, 5.41) is 0. The molecule has 0 saturated heterocycles. The largest absolute Gasteiger partial charge is 0.493 e. The summed E-state index contributed by atoms with van der Waals surface area (Å²) in [7, 11) is 1.71. The Bertz CT molecular complexity index is 879. The molecule has 5 rings (SSSR count). The molecule has 5 heteroatoms. The summed E-state index contributed by atoms with van der Waals surface area (Å²) in [5.74, 6) is 3.45. The molecule has 0 spiro atoms. The standard InChI is InChI=1S/C22H25NO4/c1-3-6-25-20-9-15-7-18-17-11-22-21(26-13-27-22)8-14(17)4-5-23(18)12-16(15)10-19(20)24-2/h8-11,18H,3-7,12-13H2,1-2H3. The Balaban J connectivity index is 1.51. The van der Waals surface area contributed by atoms with Gasteiger partial charge in [-0.1, -0.05) is 6.92 Å². The first-order valence-electron chi connectivity index (χ1n) is 9.76. The number of methoxy groups -OCH3 is 1. The molecule has 5 nitrogen and oxygen atoms in total. The van der Waals surface area contributed by atoms with E-state index in [1.165, 1.54) is 22.3 Å². The Labute approximate surface area is 159 Å². The van der Waals surface area contributed by atoms with Crippen molar-refractivity contribution in [1.82, 2.24) is 4.90 Å². The van der Waals surface area contributed by atoms with Gasteiger partial charge in [-0.2, -0.15) is 0 Å². The minimum absolute atomic E-state index is 0.327. The van der Waals surface area contributed by atoms with Crippen LogP contribution in [-0.4, -0.2) is 32.0 Å². The molecule has 3 heterocycles. The van der Waals surface area contributed by atoms with Crippen molar-refractivity contribution in [2.75, 3.05) is 27.1 Å². The van der Waals surface area contributed by atoms with Crippen molar-refractivity contribution in [3.63, 3.8) is 0 Å². The van der Waals surface area contributed by atoms with Crippen LogP contribution < -0.4 is 18.9 Å². The first kappa shape index (κ1) is 16.8. The van der Waals surface area contributed by atoms with Gasteiger partial charge >= 0.3 is 0 Å². The molecule has 0 radical (unpaired) electrons. The molecule has 0 aromatic heterocycles. The van der Waals surface area contributed by atoms with Crippen LogP contribution in [0.2, 0.25) is 0 Å². The Morgan fingerprint density at radius 3 is 2.67 bits per heavy atom. The lowest BCUT2D eigenvalue weighted by molar-refractivity contribution is 0.160. The van der Waals surface area contributed by atoms with Crippen LogP contribution >= 0.6 is 0 Å². The van der Waals surface area contributed by atoms with Crippen molar-refractivity contribution in [2.45, 2.75) is 38.8 Å². The van der Waals surface area contributed by atoms with E-state index < -0.39 is 0 Å². The minimum atomic E-state index is 0.327. The fourth-order valence-electron chi connectivity index (χ4n) is 4.46. The van der Waals surface area contributed by atoms with Gasteiger partial charge in [-0.3, -0.25) is 4.90 Å². The first-order valence-corrected chi connectivity index (χ1v) is 9.76. The quantitative estimate of drug-likeness (QED) is 0.820. The normalized spacial score (nSPS) is 19.9. The van der Waals surface area contributed by atoms with Crippen molar-refractivity contribution in [2.24, 2.45) is 0 Å². The van der Waals surface area contributed by atoms with Crippen LogP contribution in [0.25, 0.3) is 0 Å². The SMILES string of the molecule is CCCOc1cc2c(cc1OC)CN1CCc3cc4c(cc3C1C2)OCO4. The average molecular weight is 367 g/mol. The van der Waals surface area contributed by atoms with Crippen molar-refractivity contribution < 1.29 is 18.9 Å². The smallest absolute Gasteiger partial charge is 0.231 e. The molecule has 2 aromatic rings. The van der Waals surface area contributed by atoms with Crippen molar-refractivity contribution in [3.8, 4) is 23.0 Å². The van der Waals surface area contributed by atoms with Crippen molar-refractivity contribution in [3.05, 3.63) is 46.5 Å². The molecular weight excluding hydrogens is 342 g/mol. The second kappa shape index (κ2) is 6.64. The molecule has 0 bridgehead atoms. The highest BCUT2D eigenvalue weighted by molar-refractivity contribution is 5.53. The molecule has 3 aliphatic heterocycles. The van der Waals surface area contributed by atoms with Crippen molar-refractivity contribution >= 4 is 0 Å². The third kappa shape index (κ3) is 2.81. The van der Waals surface area contributed by atoms with E-state index in [4.69, 9.17) is 18.9 Å². The third-order valence-corrected chi connectivity index (χ3v) is 5.84. The topological polar surface area (TPSA) is 40.2 Å². The zero-order chi connectivity index (χ0) is 18.4. The number of benzene rings is 2. The van der Waals surface area contributed by atoms with Crippen LogP contribution in [-0.2, 0) is 19.4 Å². The predicted molar refractivity (Wildman–Crippen MR) is 102 cm³/mol. The summed E-state index contributed by atoms with van der Waals surface area (Å²) in [4.78, 5) is 2.57. The molecule has 0 N–H and O–H groups in total. The number of nitrogens with zero attached hydrogens (tertiary/aromatic N) is 1. The van der Waals surface area contributed by atoms with Gasteiger partial charge in [-0.15, -0.1) is 0 Å². The van der Waals surface area contributed by atoms with E-state index in [0.717, 1.165) is 55.4 Å². The van der Waals surface area contributed by atoms with Gasteiger partial charge in [0.1, 0.15) is 0 Å². The highest BCUT2D eigenvalue weighted by Crippen LogP contribution is 2.45. The molecule has 3 aliphatic rings. The second-order valence-corrected chi connectivity index (χ2v) is 7.46. The van der Waals surface area contributed by atoms with Crippen LogP contribution in [0.15, 0.2) is 24.3 Å². The molecule has 0 saturated carbocycles. The van der Waals surface area contributed by atoms with Crippen molar-refractivity contribution in [1.29, 1.82) is 0 Å². The summed E-state index contributed by atoms with van der Waals surface area (Å²) in [6, 6.07) is 9.09. The molecule has 27 heavy (non-hydrogen) atoms. The van der Waals surface area contributed by atoms with Gasteiger partial charge in [0, 0.05) is 19.1 Å². The Hall–Kier alpha value is -2.40. The van der Waals surface area contributed by atoms with E-state index in [1.54, 1.807) is 7.11 Å². The molecule has 1 unspecified atom stereocenters. The highest BCUT2D eigenvalue weighted by atomic mass is 16.7. The number of hydrogen-bond acceptors (Lipinski definition) is 5. The van der Waals surface area contributed by atoms with Gasteiger partial charge < -0.3 is 18.9 Å². The monoisotopic (exact) mass is 367 g/mol. The van der Waals surface area contributed by atoms with Gasteiger partial charge in [0.15, 0.2) is 23.0 Å². The van der Waals surface area contributed by atoms with Gasteiger partial charge in [0.2, 0.25) is 6.79 Å². The molecule has 1 atom stereocenters.